The third-order valence-corrected chi connectivity index (χ3v) is 9.80. The van der Waals surface area contributed by atoms with Crippen LogP contribution in [-0.2, 0) is 20.4 Å². The number of carbonyl (C=O) groups is 2. The quantitative estimate of drug-likeness (QED) is 0.355. The number of halogens is 3. The average Bonchev–Trinajstić information content (AvgIpc) is 3.05. The number of imide groups is 1. The molecule has 0 bridgehead atoms. The lowest BCUT2D eigenvalue weighted by molar-refractivity contribution is -0.258. The van der Waals surface area contributed by atoms with Crippen LogP contribution in [0.1, 0.15) is 26.3 Å². The number of aliphatic hydroxyl groups is 1. The highest BCUT2D eigenvalue weighted by atomic mass is 32.2. The molecule has 2 aliphatic heterocycles. The van der Waals surface area contributed by atoms with E-state index in [1.54, 1.807) is 36.9 Å². The van der Waals surface area contributed by atoms with Gasteiger partial charge in [0, 0.05) is 36.8 Å². The molecule has 2 saturated heterocycles. The molecule has 2 heterocycles. The fourth-order valence-electron chi connectivity index (χ4n) is 4.71. The van der Waals surface area contributed by atoms with Crippen molar-refractivity contribution in [1.82, 2.24) is 14.5 Å². The van der Waals surface area contributed by atoms with Gasteiger partial charge in [0.2, 0.25) is 10.0 Å². The van der Waals surface area contributed by atoms with Crippen molar-refractivity contribution in [2.45, 2.75) is 53.9 Å². The number of amides is 3. The molecule has 14 heteroatoms. The number of carbonyl (C=O) groups excluding carboxylic acids is 2. The van der Waals surface area contributed by atoms with Crippen LogP contribution in [0.5, 0.6) is 0 Å². The van der Waals surface area contributed by atoms with Crippen LogP contribution in [0.3, 0.4) is 0 Å². The molecule has 9 nitrogen and oxygen atoms in total. The molecule has 212 valence electrons. The Hall–Kier alpha value is -2.81. The Morgan fingerprint density at radius 3 is 2.23 bits per heavy atom. The van der Waals surface area contributed by atoms with Crippen molar-refractivity contribution < 1.29 is 36.3 Å². The van der Waals surface area contributed by atoms with Crippen LogP contribution < -0.4 is 10.2 Å². The van der Waals surface area contributed by atoms with E-state index in [0.717, 1.165) is 12.1 Å². The highest BCUT2D eigenvalue weighted by molar-refractivity contribution is 7.90. The van der Waals surface area contributed by atoms with Gasteiger partial charge in [-0.25, -0.2) is 13.2 Å². The van der Waals surface area contributed by atoms with Gasteiger partial charge in [0.1, 0.15) is 5.54 Å². The lowest BCUT2D eigenvalue weighted by atomic mass is 9.95. The monoisotopic (exact) mass is 586 g/mol. The normalized spacial score (nSPS) is 22.1. The lowest BCUT2D eigenvalue weighted by Crippen LogP contribution is -2.60. The molecule has 2 atom stereocenters. The third-order valence-electron chi connectivity index (χ3n) is 7.33. The Morgan fingerprint density at radius 2 is 1.69 bits per heavy atom. The number of hydrogen-bond donors (Lipinski definition) is 3. The van der Waals surface area contributed by atoms with Crippen LogP contribution in [0.2, 0.25) is 0 Å². The maximum absolute atomic E-state index is 13.5. The first-order chi connectivity index (χ1) is 18.0. The van der Waals surface area contributed by atoms with E-state index in [4.69, 9.17) is 0 Å². The Bertz CT molecular complexity index is 1380. The van der Waals surface area contributed by atoms with Crippen molar-refractivity contribution in [2.75, 3.05) is 31.1 Å². The summed E-state index contributed by atoms with van der Waals surface area (Å²) >= 11 is 4.28. The predicted molar refractivity (Wildman–Crippen MR) is 140 cm³/mol. The number of hydrogen-bond acceptors (Lipinski definition) is 7. The first kappa shape index (κ1) is 29.2. The second-order valence-electron chi connectivity index (χ2n) is 10.2. The van der Waals surface area contributed by atoms with Gasteiger partial charge in [-0.05, 0) is 50.6 Å². The minimum Gasteiger partial charge on any atom is -0.376 e. The van der Waals surface area contributed by atoms with Gasteiger partial charge in [-0.3, -0.25) is 10.1 Å². The fourth-order valence-corrected chi connectivity index (χ4v) is 6.77. The molecule has 0 spiro atoms. The zero-order chi connectivity index (χ0) is 29.0. The minimum absolute atomic E-state index is 0.0219. The Kier molecular flexibility index (Phi) is 7.47. The number of piperazine rings is 1. The summed E-state index contributed by atoms with van der Waals surface area (Å²) in [7, 11) is -3.97. The molecule has 0 saturated carbocycles. The summed E-state index contributed by atoms with van der Waals surface area (Å²) in [6.07, 6.45) is -4.89. The van der Waals surface area contributed by atoms with Gasteiger partial charge in [0.15, 0.2) is 5.60 Å². The molecule has 4 rings (SSSR count). The van der Waals surface area contributed by atoms with Crippen LogP contribution in [0.25, 0.3) is 0 Å². The summed E-state index contributed by atoms with van der Waals surface area (Å²) in [5.74, 6) is -0.498. The van der Waals surface area contributed by atoms with E-state index in [1.807, 2.05) is 0 Å². The van der Waals surface area contributed by atoms with Crippen LogP contribution in [0.4, 0.5) is 23.7 Å². The maximum atomic E-state index is 13.5. The number of sulfonamides is 1. The number of thiol groups is 1. The SMILES string of the molecule is CC1(C)C(=O)NC(=O)N1C[C@H]1CN(S(=O)(=O)c2ccccc2S)CCN1c1ccc(C(C)(O)C(F)(F)F)cc1. The van der Waals surface area contributed by atoms with Gasteiger partial charge in [0.25, 0.3) is 5.91 Å². The second kappa shape index (κ2) is 9.98. The molecular formula is C25H29F3N4O5S2. The van der Waals surface area contributed by atoms with E-state index in [0.29, 0.717) is 12.6 Å². The molecule has 0 aromatic heterocycles. The molecule has 0 radical (unpaired) electrons. The second-order valence-corrected chi connectivity index (χ2v) is 12.6. The Morgan fingerprint density at radius 1 is 1.08 bits per heavy atom. The molecule has 2 fully saturated rings. The van der Waals surface area contributed by atoms with E-state index in [1.165, 1.54) is 27.4 Å². The Balaban J connectivity index is 1.68. The van der Waals surface area contributed by atoms with Crippen molar-refractivity contribution in [3.8, 4) is 0 Å². The molecule has 0 aliphatic carbocycles. The van der Waals surface area contributed by atoms with Crippen LogP contribution in [0.15, 0.2) is 58.3 Å². The molecule has 39 heavy (non-hydrogen) atoms. The van der Waals surface area contributed by atoms with Crippen molar-refractivity contribution in [1.29, 1.82) is 0 Å². The standard InChI is InChI=1S/C25H29F3N4O5S2/c1-23(2)21(33)29-22(34)32(23)15-18-14-30(39(36,37)20-7-5-4-6-19(20)38)12-13-31(18)17-10-8-16(9-11-17)24(3,35)25(26,27)28/h4-11,18,35,38H,12-15H2,1-3H3,(H,29,33,34)/t18-,24?/m1/s1. The topological polar surface area (TPSA) is 110 Å². The summed E-state index contributed by atoms with van der Waals surface area (Å²) in [5.41, 5.74) is -4.14. The number of anilines is 1. The number of nitrogens with zero attached hydrogens (tertiary/aromatic N) is 3. The average molecular weight is 587 g/mol. The summed E-state index contributed by atoms with van der Waals surface area (Å²) in [4.78, 5) is 28.4. The number of alkyl halides is 3. The zero-order valence-electron chi connectivity index (χ0n) is 21.4. The van der Waals surface area contributed by atoms with Crippen molar-refractivity contribution in [3.05, 3.63) is 54.1 Å². The van der Waals surface area contributed by atoms with Gasteiger partial charge in [0.05, 0.1) is 10.9 Å². The highest BCUT2D eigenvalue weighted by Gasteiger charge is 2.51. The largest absolute Gasteiger partial charge is 0.421 e. The lowest BCUT2D eigenvalue weighted by Gasteiger charge is -2.44. The predicted octanol–water partition coefficient (Wildman–Crippen LogP) is 2.96. The molecule has 1 unspecified atom stereocenters. The highest BCUT2D eigenvalue weighted by Crippen LogP contribution is 2.39. The van der Waals surface area contributed by atoms with Gasteiger partial charge in [-0.15, -0.1) is 12.6 Å². The zero-order valence-corrected chi connectivity index (χ0v) is 23.1. The number of urea groups is 1. The number of benzene rings is 2. The van der Waals surface area contributed by atoms with Crippen LogP contribution in [0, 0.1) is 0 Å². The van der Waals surface area contributed by atoms with Gasteiger partial charge >= 0.3 is 12.2 Å². The summed E-state index contributed by atoms with van der Waals surface area (Å²) in [6.45, 7) is 3.90. The molecule has 3 amide bonds. The third kappa shape index (κ3) is 5.22. The van der Waals surface area contributed by atoms with E-state index in [-0.39, 0.29) is 41.5 Å². The van der Waals surface area contributed by atoms with E-state index >= 15 is 0 Å². The maximum Gasteiger partial charge on any atom is 0.421 e. The van der Waals surface area contributed by atoms with Crippen molar-refractivity contribution in [3.63, 3.8) is 0 Å². The molecule has 2 aromatic rings. The smallest absolute Gasteiger partial charge is 0.376 e. The van der Waals surface area contributed by atoms with Crippen molar-refractivity contribution in [2.24, 2.45) is 0 Å². The summed E-state index contributed by atoms with van der Waals surface area (Å²) in [6, 6.07) is 10.1. The van der Waals surface area contributed by atoms with E-state index < -0.39 is 45.3 Å². The molecular weight excluding hydrogens is 557 g/mol. The number of rotatable bonds is 6. The fraction of sp³-hybridized carbons (Fsp3) is 0.440. The summed E-state index contributed by atoms with van der Waals surface area (Å²) < 4.78 is 68.3. The van der Waals surface area contributed by atoms with Gasteiger partial charge < -0.3 is 14.9 Å². The Labute approximate surface area is 230 Å². The van der Waals surface area contributed by atoms with Gasteiger partial charge in [-0.1, -0.05) is 24.3 Å². The number of nitrogens with one attached hydrogen (secondary N) is 1. The minimum atomic E-state index is -4.89. The molecule has 2 aromatic carbocycles. The molecule has 2 aliphatic rings. The van der Waals surface area contributed by atoms with Crippen LogP contribution >= 0.6 is 12.6 Å². The van der Waals surface area contributed by atoms with Crippen LogP contribution in [-0.4, -0.2) is 78.6 Å². The molecule has 2 N–H and O–H groups in total. The van der Waals surface area contributed by atoms with E-state index in [2.05, 4.69) is 17.9 Å². The first-order valence-electron chi connectivity index (χ1n) is 12.1. The van der Waals surface area contributed by atoms with Gasteiger partial charge in [-0.2, -0.15) is 17.5 Å². The first-order valence-corrected chi connectivity index (χ1v) is 13.9. The van der Waals surface area contributed by atoms with Crippen molar-refractivity contribution >= 4 is 40.3 Å². The summed E-state index contributed by atoms with van der Waals surface area (Å²) in [5, 5.41) is 12.3. The van der Waals surface area contributed by atoms with E-state index in [9.17, 15) is 36.3 Å².